The molecule has 0 saturated carbocycles. The number of carbonyl (C=O) groups is 1. The summed E-state index contributed by atoms with van der Waals surface area (Å²) in [7, 11) is -3.05. The molecular weight excluding hydrogens is 286 g/mol. The standard InChI is InChI=1S/C13H16ClNO3S/c1-9(14)11-4-2-3-5-12(11)15-13(16)10-6-7-19(17,18)8-10/h2-5,9-10H,6-8H2,1H3,(H,15,16). The molecule has 1 saturated heterocycles. The number of sulfone groups is 1. The van der Waals surface area contributed by atoms with Crippen molar-refractivity contribution in [1.82, 2.24) is 0 Å². The summed E-state index contributed by atoms with van der Waals surface area (Å²) in [6.07, 6.45) is 0.396. The third-order valence-corrected chi connectivity index (χ3v) is 5.25. The number of halogens is 1. The van der Waals surface area contributed by atoms with Crippen molar-refractivity contribution in [2.24, 2.45) is 5.92 Å². The molecule has 0 spiro atoms. The first-order valence-electron chi connectivity index (χ1n) is 6.13. The zero-order valence-corrected chi connectivity index (χ0v) is 12.2. The predicted molar refractivity (Wildman–Crippen MR) is 76.1 cm³/mol. The molecule has 1 aromatic carbocycles. The molecule has 0 radical (unpaired) electrons. The van der Waals surface area contributed by atoms with Crippen molar-refractivity contribution in [3.63, 3.8) is 0 Å². The summed E-state index contributed by atoms with van der Waals surface area (Å²) < 4.78 is 22.7. The molecule has 6 heteroatoms. The number of amides is 1. The highest BCUT2D eigenvalue weighted by atomic mass is 35.5. The van der Waals surface area contributed by atoms with Crippen LogP contribution in [0.5, 0.6) is 0 Å². The Hall–Kier alpha value is -1.07. The fourth-order valence-corrected chi connectivity index (χ4v) is 4.13. The Morgan fingerprint density at radius 2 is 2.11 bits per heavy atom. The average Bonchev–Trinajstić information content (AvgIpc) is 2.70. The van der Waals surface area contributed by atoms with E-state index in [2.05, 4.69) is 5.32 Å². The second-order valence-electron chi connectivity index (χ2n) is 4.79. The van der Waals surface area contributed by atoms with Crippen LogP contribution >= 0.6 is 11.6 Å². The van der Waals surface area contributed by atoms with E-state index in [1.807, 2.05) is 25.1 Å². The zero-order chi connectivity index (χ0) is 14.0. The number of para-hydroxylation sites is 1. The average molecular weight is 302 g/mol. The topological polar surface area (TPSA) is 63.2 Å². The minimum absolute atomic E-state index is 0.0581. The molecule has 1 aromatic rings. The summed E-state index contributed by atoms with van der Waals surface area (Å²) in [5.74, 6) is -0.662. The molecule has 4 nitrogen and oxygen atoms in total. The molecule has 2 atom stereocenters. The van der Waals surface area contributed by atoms with Crippen LogP contribution in [0.3, 0.4) is 0 Å². The number of carbonyl (C=O) groups excluding carboxylic acids is 1. The molecule has 2 unspecified atom stereocenters. The van der Waals surface area contributed by atoms with Crippen molar-refractivity contribution < 1.29 is 13.2 Å². The molecule has 1 aliphatic heterocycles. The predicted octanol–water partition coefficient (Wildman–Crippen LogP) is 2.36. The lowest BCUT2D eigenvalue weighted by atomic mass is 10.1. The molecule has 1 amide bonds. The van der Waals surface area contributed by atoms with Crippen LogP contribution in [-0.2, 0) is 14.6 Å². The molecular formula is C13H16ClNO3S. The molecule has 1 fully saturated rings. The van der Waals surface area contributed by atoms with Gasteiger partial charge in [-0.15, -0.1) is 11.6 Å². The van der Waals surface area contributed by atoms with Gasteiger partial charge in [0.25, 0.3) is 0 Å². The highest BCUT2D eigenvalue weighted by molar-refractivity contribution is 7.91. The normalized spacial score (nSPS) is 22.9. The summed E-state index contributed by atoms with van der Waals surface area (Å²) >= 11 is 6.05. The van der Waals surface area contributed by atoms with Crippen molar-refractivity contribution in [3.05, 3.63) is 29.8 Å². The molecule has 1 N–H and O–H groups in total. The Balaban J connectivity index is 2.12. The van der Waals surface area contributed by atoms with Gasteiger partial charge in [-0.3, -0.25) is 4.79 Å². The molecule has 2 rings (SSSR count). The summed E-state index contributed by atoms with van der Waals surface area (Å²) in [6, 6.07) is 7.28. The van der Waals surface area contributed by atoms with Crippen LogP contribution in [-0.4, -0.2) is 25.8 Å². The fraction of sp³-hybridized carbons (Fsp3) is 0.462. The van der Waals surface area contributed by atoms with Gasteiger partial charge in [0.1, 0.15) is 0 Å². The van der Waals surface area contributed by atoms with Gasteiger partial charge in [-0.1, -0.05) is 18.2 Å². The van der Waals surface area contributed by atoms with Crippen LogP contribution in [0.4, 0.5) is 5.69 Å². The largest absolute Gasteiger partial charge is 0.326 e. The summed E-state index contributed by atoms with van der Waals surface area (Å²) in [5.41, 5.74) is 1.48. The van der Waals surface area contributed by atoms with E-state index in [1.54, 1.807) is 6.07 Å². The molecule has 0 aromatic heterocycles. The quantitative estimate of drug-likeness (QED) is 0.872. The van der Waals surface area contributed by atoms with Gasteiger partial charge in [0, 0.05) is 5.69 Å². The summed E-state index contributed by atoms with van der Waals surface area (Å²) in [5, 5.41) is 2.57. The number of benzene rings is 1. The zero-order valence-electron chi connectivity index (χ0n) is 10.6. The van der Waals surface area contributed by atoms with Crippen molar-refractivity contribution in [2.75, 3.05) is 16.8 Å². The fourth-order valence-electron chi connectivity index (χ4n) is 2.19. The maximum Gasteiger partial charge on any atom is 0.228 e. The van der Waals surface area contributed by atoms with Gasteiger partial charge < -0.3 is 5.32 Å². The van der Waals surface area contributed by atoms with Crippen LogP contribution in [0, 0.1) is 5.92 Å². The lowest BCUT2D eigenvalue weighted by Gasteiger charge is -2.14. The van der Waals surface area contributed by atoms with Crippen molar-refractivity contribution >= 4 is 33.0 Å². The van der Waals surface area contributed by atoms with E-state index >= 15 is 0 Å². The van der Waals surface area contributed by atoms with E-state index in [1.165, 1.54) is 0 Å². The second kappa shape index (κ2) is 5.51. The number of alkyl halides is 1. The van der Waals surface area contributed by atoms with E-state index < -0.39 is 15.8 Å². The molecule has 1 aliphatic rings. The minimum atomic E-state index is -3.05. The number of anilines is 1. The molecule has 1 heterocycles. The Kier molecular flexibility index (Phi) is 4.16. The van der Waals surface area contributed by atoms with Gasteiger partial charge in [0.05, 0.1) is 22.8 Å². The molecule has 19 heavy (non-hydrogen) atoms. The van der Waals surface area contributed by atoms with Gasteiger partial charge in [0.15, 0.2) is 9.84 Å². The number of hydrogen-bond donors (Lipinski definition) is 1. The van der Waals surface area contributed by atoms with E-state index in [0.29, 0.717) is 12.1 Å². The Bertz CT molecular complexity index is 583. The monoisotopic (exact) mass is 301 g/mol. The van der Waals surface area contributed by atoms with E-state index in [0.717, 1.165) is 5.56 Å². The number of nitrogens with one attached hydrogen (secondary N) is 1. The first-order valence-corrected chi connectivity index (χ1v) is 8.39. The van der Waals surface area contributed by atoms with Crippen LogP contribution < -0.4 is 5.32 Å². The summed E-state index contributed by atoms with van der Waals surface area (Å²) in [6.45, 7) is 1.83. The highest BCUT2D eigenvalue weighted by Gasteiger charge is 2.33. The van der Waals surface area contributed by atoms with E-state index in [4.69, 9.17) is 11.6 Å². The highest BCUT2D eigenvalue weighted by Crippen LogP contribution is 2.28. The van der Waals surface area contributed by atoms with Crippen molar-refractivity contribution in [2.45, 2.75) is 18.7 Å². The van der Waals surface area contributed by atoms with Gasteiger partial charge in [-0.05, 0) is 25.0 Å². The summed E-state index contributed by atoms with van der Waals surface area (Å²) in [4.78, 5) is 12.1. The SMILES string of the molecule is CC(Cl)c1ccccc1NC(=O)C1CCS(=O)(=O)C1. The first-order chi connectivity index (χ1) is 8.89. The van der Waals surface area contributed by atoms with Gasteiger partial charge in [0.2, 0.25) is 5.91 Å². The van der Waals surface area contributed by atoms with Crippen LogP contribution in [0.1, 0.15) is 24.3 Å². The Labute approximate surface area is 118 Å². The number of rotatable bonds is 3. The lowest BCUT2D eigenvalue weighted by Crippen LogP contribution is -2.24. The maximum absolute atomic E-state index is 12.1. The molecule has 0 aliphatic carbocycles. The molecule has 0 bridgehead atoms. The van der Waals surface area contributed by atoms with Crippen LogP contribution in [0.15, 0.2) is 24.3 Å². The molecule has 104 valence electrons. The Morgan fingerprint density at radius 3 is 2.68 bits per heavy atom. The van der Waals surface area contributed by atoms with Gasteiger partial charge in [-0.25, -0.2) is 8.42 Å². The maximum atomic E-state index is 12.1. The Morgan fingerprint density at radius 1 is 1.42 bits per heavy atom. The smallest absolute Gasteiger partial charge is 0.228 e. The number of hydrogen-bond acceptors (Lipinski definition) is 3. The third kappa shape index (κ3) is 3.48. The van der Waals surface area contributed by atoms with Crippen LogP contribution in [0.2, 0.25) is 0 Å². The van der Waals surface area contributed by atoms with Gasteiger partial charge >= 0.3 is 0 Å². The van der Waals surface area contributed by atoms with E-state index in [9.17, 15) is 13.2 Å². The lowest BCUT2D eigenvalue weighted by molar-refractivity contribution is -0.119. The first kappa shape index (κ1) is 14.3. The minimum Gasteiger partial charge on any atom is -0.326 e. The van der Waals surface area contributed by atoms with Gasteiger partial charge in [-0.2, -0.15) is 0 Å². The van der Waals surface area contributed by atoms with Crippen molar-refractivity contribution in [3.8, 4) is 0 Å². The third-order valence-electron chi connectivity index (χ3n) is 3.25. The second-order valence-corrected chi connectivity index (χ2v) is 7.68. The van der Waals surface area contributed by atoms with E-state index in [-0.39, 0.29) is 22.8 Å². The van der Waals surface area contributed by atoms with Crippen LogP contribution in [0.25, 0.3) is 0 Å². The van der Waals surface area contributed by atoms with Crippen molar-refractivity contribution in [1.29, 1.82) is 0 Å².